The molecule has 0 saturated heterocycles. The molecule has 11 N–H and O–H groups in total. The van der Waals surface area contributed by atoms with Crippen LogP contribution in [0.3, 0.4) is 0 Å². The second-order valence-corrected chi connectivity index (χ2v) is 17.9. The van der Waals surface area contributed by atoms with E-state index in [1.54, 1.807) is 30.3 Å². The number of aliphatic hydroxyl groups is 1. The van der Waals surface area contributed by atoms with E-state index < -0.39 is 84.1 Å². The lowest BCUT2D eigenvalue weighted by Crippen LogP contribution is -2.59. The molecule has 1 aromatic carbocycles. The molecule has 1 fully saturated rings. The van der Waals surface area contributed by atoms with Gasteiger partial charge in [-0.1, -0.05) is 128 Å². The van der Waals surface area contributed by atoms with E-state index in [2.05, 4.69) is 26.6 Å². The second-order valence-electron chi connectivity index (χ2n) is 17.9. The molecule has 0 unspecified atom stereocenters. The van der Waals surface area contributed by atoms with Gasteiger partial charge >= 0.3 is 5.97 Å². The van der Waals surface area contributed by atoms with Gasteiger partial charge in [-0.3, -0.25) is 33.6 Å². The minimum Gasteiger partial charge on any atom is -0.480 e. The maximum absolute atomic E-state index is 13.4. The molecule has 17 heteroatoms. The number of nitrogens with two attached hydrogens (primary N) is 2. The van der Waals surface area contributed by atoms with Gasteiger partial charge in [-0.15, -0.1) is 0 Å². The van der Waals surface area contributed by atoms with Gasteiger partial charge in [-0.2, -0.15) is 0 Å². The number of unbranched alkanes of at least 4 members (excludes halogenated alkanes) is 11. The van der Waals surface area contributed by atoms with Gasteiger partial charge in [0.15, 0.2) is 0 Å². The van der Waals surface area contributed by atoms with Crippen molar-refractivity contribution in [2.45, 2.75) is 198 Å². The summed E-state index contributed by atoms with van der Waals surface area (Å²) in [6, 6.07) is 3.21. The molecular weight excluding hydrogens is 823 g/mol. The number of amides is 7. The number of aliphatic carboxylic acids is 1. The zero-order valence-corrected chi connectivity index (χ0v) is 38.4. The summed E-state index contributed by atoms with van der Waals surface area (Å²) in [5.74, 6) is -5.42. The first-order valence-corrected chi connectivity index (χ1v) is 23.5. The average molecular weight is 900 g/mol. The molecular formula is C47H77N7O10. The summed E-state index contributed by atoms with van der Waals surface area (Å²) in [4.78, 5) is 101. The molecule has 0 bridgehead atoms. The van der Waals surface area contributed by atoms with Crippen LogP contribution in [0.1, 0.15) is 161 Å². The Morgan fingerprint density at radius 3 is 1.56 bits per heavy atom. The van der Waals surface area contributed by atoms with Crippen LogP contribution in [-0.4, -0.2) is 93.8 Å². The number of primary amides is 2. The molecule has 1 aliphatic rings. The Morgan fingerprint density at radius 2 is 1.09 bits per heavy atom. The Bertz CT molecular complexity index is 1620. The van der Waals surface area contributed by atoms with E-state index in [0.29, 0.717) is 24.8 Å². The van der Waals surface area contributed by atoms with Crippen LogP contribution < -0.4 is 38.1 Å². The van der Waals surface area contributed by atoms with Crippen LogP contribution in [-0.2, 0) is 44.8 Å². The van der Waals surface area contributed by atoms with Crippen molar-refractivity contribution in [2.75, 3.05) is 0 Å². The molecule has 7 amide bonds. The van der Waals surface area contributed by atoms with E-state index in [4.69, 9.17) is 11.5 Å². The summed E-state index contributed by atoms with van der Waals surface area (Å²) in [6.07, 6.45) is 14.8. The molecule has 1 aromatic rings. The molecule has 0 aliphatic heterocycles. The van der Waals surface area contributed by atoms with E-state index in [1.807, 2.05) is 13.8 Å². The SMILES string of the molecule is CC(C)C[C@H](NC(=O)[C@@H](NC(=O)CCCCCCCCCCCCCCC(=O)N[C@@H](CC(N)=O)C(=O)N[C@@H](Cc1ccccc1)C(=O)O)[C@@H](C)O)C(=O)N[C@H](C(N)=O)C1CCCCC1. The number of hydrogen-bond acceptors (Lipinski definition) is 9. The van der Waals surface area contributed by atoms with Crippen molar-refractivity contribution in [1.29, 1.82) is 0 Å². The lowest BCUT2D eigenvalue weighted by Gasteiger charge is -2.31. The molecule has 0 spiro atoms. The van der Waals surface area contributed by atoms with Gasteiger partial charge in [0.1, 0.15) is 30.2 Å². The van der Waals surface area contributed by atoms with Crippen LogP contribution in [0.2, 0.25) is 0 Å². The number of carbonyl (C=O) groups is 8. The third-order valence-electron chi connectivity index (χ3n) is 11.7. The van der Waals surface area contributed by atoms with Gasteiger partial charge in [0.05, 0.1) is 12.5 Å². The van der Waals surface area contributed by atoms with E-state index in [9.17, 15) is 48.6 Å². The number of carboxylic acid groups (broad SMARTS) is 1. The molecule has 0 heterocycles. The number of benzene rings is 1. The standard InChI is InChI=1S/C47H77N7O10/c1-31(2)28-35(45(61)54-42(43(49)59)34-24-18-15-19-25-34)51-46(62)41(32(3)55)53-40(58)27-21-13-11-9-7-5-4-6-8-10-12-20-26-39(57)50-36(30-38(48)56)44(60)52-37(47(63)64)29-33-22-16-14-17-23-33/h14,16-17,22-23,31-32,34-37,41-42,55H,4-13,15,18-21,24-30H2,1-3H3,(H2,48,56)(H2,49,59)(H,50,57)(H,51,62)(H,52,60)(H,53,58)(H,54,61)(H,63,64)/t32-,35+,36+,37+,41+,42+/m1/s1. The predicted octanol–water partition coefficient (Wildman–Crippen LogP) is 3.57. The van der Waals surface area contributed by atoms with Gasteiger partial charge in [-0.25, -0.2) is 4.79 Å². The Morgan fingerprint density at radius 1 is 0.609 bits per heavy atom. The Hall–Kier alpha value is -5.06. The van der Waals surface area contributed by atoms with Gasteiger partial charge in [0, 0.05) is 19.3 Å². The van der Waals surface area contributed by atoms with Crippen molar-refractivity contribution >= 4 is 47.3 Å². The zero-order chi connectivity index (χ0) is 47.4. The number of carbonyl (C=O) groups excluding carboxylic acids is 7. The summed E-state index contributed by atoms with van der Waals surface area (Å²) >= 11 is 0. The first-order chi connectivity index (χ1) is 30.5. The summed E-state index contributed by atoms with van der Waals surface area (Å²) in [6.45, 7) is 5.22. The minimum atomic E-state index is -1.27. The molecule has 1 saturated carbocycles. The number of nitrogens with one attached hydrogen (secondary N) is 5. The van der Waals surface area contributed by atoms with Crippen LogP contribution in [0.5, 0.6) is 0 Å². The Kier molecular flexibility index (Phi) is 26.6. The fourth-order valence-electron chi connectivity index (χ4n) is 8.10. The van der Waals surface area contributed by atoms with E-state index in [1.165, 1.54) is 6.92 Å². The van der Waals surface area contributed by atoms with Crippen molar-refractivity contribution in [3.63, 3.8) is 0 Å². The molecule has 0 aromatic heterocycles. The van der Waals surface area contributed by atoms with Crippen LogP contribution in [0.25, 0.3) is 0 Å². The second kappa shape index (κ2) is 30.9. The van der Waals surface area contributed by atoms with Gasteiger partial charge in [0.25, 0.3) is 0 Å². The lowest BCUT2D eigenvalue weighted by atomic mass is 9.83. The van der Waals surface area contributed by atoms with Gasteiger partial charge < -0.3 is 48.3 Å². The number of hydrogen-bond donors (Lipinski definition) is 9. The summed E-state index contributed by atoms with van der Waals surface area (Å²) in [7, 11) is 0. The fraction of sp³-hybridized carbons (Fsp3) is 0.702. The molecule has 6 atom stereocenters. The first-order valence-electron chi connectivity index (χ1n) is 23.5. The maximum atomic E-state index is 13.4. The molecule has 0 radical (unpaired) electrons. The van der Waals surface area contributed by atoms with Crippen molar-refractivity contribution in [2.24, 2.45) is 23.3 Å². The highest BCUT2D eigenvalue weighted by atomic mass is 16.4. The van der Waals surface area contributed by atoms with Crippen molar-refractivity contribution in [1.82, 2.24) is 26.6 Å². The molecule has 64 heavy (non-hydrogen) atoms. The number of aliphatic hydroxyl groups excluding tert-OH is 1. The maximum Gasteiger partial charge on any atom is 0.326 e. The minimum absolute atomic E-state index is 0.0286. The third-order valence-corrected chi connectivity index (χ3v) is 11.7. The Balaban J connectivity index is 1.61. The average Bonchev–Trinajstić information content (AvgIpc) is 3.23. The number of rotatable bonds is 33. The van der Waals surface area contributed by atoms with Crippen LogP contribution in [0.15, 0.2) is 30.3 Å². The highest BCUT2D eigenvalue weighted by molar-refractivity contribution is 5.95. The largest absolute Gasteiger partial charge is 0.480 e. The van der Waals surface area contributed by atoms with Gasteiger partial charge in [-0.05, 0) is 56.4 Å². The summed E-state index contributed by atoms with van der Waals surface area (Å²) in [5.41, 5.74) is 11.7. The molecule has 17 nitrogen and oxygen atoms in total. The summed E-state index contributed by atoms with van der Waals surface area (Å²) in [5, 5.41) is 33.1. The highest BCUT2D eigenvalue weighted by Crippen LogP contribution is 2.26. The van der Waals surface area contributed by atoms with E-state index >= 15 is 0 Å². The Labute approximate surface area is 379 Å². The number of carboxylic acids is 1. The van der Waals surface area contributed by atoms with Crippen molar-refractivity contribution < 1.29 is 48.6 Å². The topological polar surface area (TPSA) is 289 Å². The monoisotopic (exact) mass is 900 g/mol. The van der Waals surface area contributed by atoms with Crippen LogP contribution >= 0.6 is 0 Å². The first kappa shape index (κ1) is 55.1. The molecule has 360 valence electrons. The van der Waals surface area contributed by atoms with E-state index in [0.717, 1.165) is 96.3 Å². The molecule has 2 rings (SSSR count). The van der Waals surface area contributed by atoms with Gasteiger partial charge in [0.2, 0.25) is 41.4 Å². The third kappa shape index (κ3) is 23.0. The molecule has 1 aliphatic carbocycles. The smallest absolute Gasteiger partial charge is 0.326 e. The highest BCUT2D eigenvalue weighted by Gasteiger charge is 2.34. The predicted molar refractivity (Wildman–Crippen MR) is 243 cm³/mol. The van der Waals surface area contributed by atoms with Crippen LogP contribution in [0.4, 0.5) is 0 Å². The fourth-order valence-corrected chi connectivity index (χ4v) is 8.10. The quantitative estimate of drug-likeness (QED) is 0.0463. The van der Waals surface area contributed by atoms with E-state index in [-0.39, 0.29) is 37.0 Å². The normalized spacial score (nSPS) is 15.7. The zero-order valence-electron chi connectivity index (χ0n) is 38.4. The van der Waals surface area contributed by atoms with Crippen LogP contribution in [0, 0.1) is 11.8 Å². The van der Waals surface area contributed by atoms with Crippen molar-refractivity contribution in [3.05, 3.63) is 35.9 Å². The summed E-state index contributed by atoms with van der Waals surface area (Å²) < 4.78 is 0. The van der Waals surface area contributed by atoms with Crippen molar-refractivity contribution in [3.8, 4) is 0 Å². The lowest BCUT2D eigenvalue weighted by molar-refractivity contribution is -0.142.